The Morgan fingerprint density at radius 1 is 1.26 bits per heavy atom. The maximum atomic E-state index is 9.33. The molecule has 0 unspecified atom stereocenters. The van der Waals surface area contributed by atoms with Gasteiger partial charge in [0.15, 0.2) is 0 Å². The minimum Gasteiger partial charge on any atom is -0.368 e. The maximum absolute atomic E-state index is 9.33. The summed E-state index contributed by atoms with van der Waals surface area (Å²) in [6.45, 7) is 8.29. The highest BCUT2D eigenvalue weighted by Crippen LogP contribution is 2.22. The number of rotatable bonds is 4. The van der Waals surface area contributed by atoms with Gasteiger partial charge in [-0.05, 0) is 31.3 Å². The third-order valence-electron chi connectivity index (χ3n) is 3.72. The molecule has 0 aliphatic carbocycles. The molecule has 0 atom stereocenters. The first-order valence-electron chi connectivity index (χ1n) is 6.93. The topological polar surface area (TPSA) is 42.3 Å². The molecule has 0 saturated carbocycles. The van der Waals surface area contributed by atoms with Gasteiger partial charge in [0.1, 0.15) is 6.07 Å². The second kappa shape index (κ2) is 6.55. The number of nitriles is 1. The zero-order valence-electron chi connectivity index (χ0n) is 11.8. The van der Waals surface area contributed by atoms with Crippen LogP contribution in [0.1, 0.15) is 18.1 Å². The monoisotopic (exact) mass is 258 g/mol. The van der Waals surface area contributed by atoms with Crippen LogP contribution in [-0.4, -0.2) is 44.7 Å². The number of likely N-dealkylation sites (N-methyl/N-ethyl adjacent to an activating group) is 1. The Kier molecular flexibility index (Phi) is 4.78. The van der Waals surface area contributed by atoms with Gasteiger partial charge in [0.05, 0.1) is 11.3 Å². The van der Waals surface area contributed by atoms with E-state index in [-0.39, 0.29) is 0 Å². The van der Waals surface area contributed by atoms with Crippen LogP contribution in [0.15, 0.2) is 18.2 Å². The van der Waals surface area contributed by atoms with Crippen molar-refractivity contribution in [3.05, 3.63) is 29.3 Å². The Morgan fingerprint density at radius 2 is 2.00 bits per heavy atom. The van der Waals surface area contributed by atoms with Gasteiger partial charge < -0.3 is 15.1 Å². The van der Waals surface area contributed by atoms with E-state index in [9.17, 15) is 5.26 Å². The Hall–Kier alpha value is -1.57. The second-order valence-corrected chi connectivity index (χ2v) is 4.91. The van der Waals surface area contributed by atoms with E-state index in [1.54, 1.807) is 0 Å². The van der Waals surface area contributed by atoms with Crippen LogP contribution in [0.5, 0.6) is 0 Å². The van der Waals surface area contributed by atoms with Gasteiger partial charge in [0.2, 0.25) is 0 Å². The summed E-state index contributed by atoms with van der Waals surface area (Å²) < 4.78 is 0. The van der Waals surface area contributed by atoms with E-state index in [1.807, 2.05) is 13.1 Å². The Balaban J connectivity index is 2.14. The van der Waals surface area contributed by atoms with Gasteiger partial charge in [-0.15, -0.1) is 0 Å². The number of nitrogens with zero attached hydrogens (tertiary/aromatic N) is 3. The predicted octanol–water partition coefficient (Wildman–Crippen LogP) is 1.42. The van der Waals surface area contributed by atoms with E-state index in [4.69, 9.17) is 0 Å². The molecule has 1 aliphatic rings. The molecule has 2 rings (SSSR count). The highest BCUT2D eigenvalue weighted by atomic mass is 15.3. The lowest BCUT2D eigenvalue weighted by molar-refractivity contribution is 0.271. The molecule has 0 radical (unpaired) electrons. The van der Waals surface area contributed by atoms with Gasteiger partial charge in [-0.25, -0.2) is 0 Å². The molecule has 1 aliphatic heterocycles. The van der Waals surface area contributed by atoms with Crippen LogP contribution in [0.4, 0.5) is 5.69 Å². The van der Waals surface area contributed by atoms with Crippen molar-refractivity contribution >= 4 is 5.69 Å². The van der Waals surface area contributed by atoms with Crippen molar-refractivity contribution in [1.29, 1.82) is 5.26 Å². The van der Waals surface area contributed by atoms with Crippen LogP contribution in [0.25, 0.3) is 0 Å². The summed E-state index contributed by atoms with van der Waals surface area (Å²) in [5.74, 6) is 0. The quantitative estimate of drug-likeness (QED) is 0.887. The molecular weight excluding hydrogens is 236 g/mol. The molecule has 1 saturated heterocycles. The van der Waals surface area contributed by atoms with Gasteiger partial charge in [-0.1, -0.05) is 13.0 Å². The van der Waals surface area contributed by atoms with Crippen LogP contribution < -0.4 is 10.2 Å². The molecule has 102 valence electrons. The summed E-state index contributed by atoms with van der Waals surface area (Å²) in [5, 5.41) is 12.5. The van der Waals surface area contributed by atoms with Gasteiger partial charge in [0, 0.05) is 32.7 Å². The largest absolute Gasteiger partial charge is 0.368 e. The molecule has 0 spiro atoms. The standard InChI is InChI=1S/C15H22N4/c1-3-18-6-8-19(9-7-18)15-5-4-13(12-17-2)10-14(15)11-16/h4-5,10,17H,3,6-9,12H2,1-2H3. The summed E-state index contributed by atoms with van der Waals surface area (Å²) in [6, 6.07) is 8.53. The Labute approximate surface area is 115 Å². The SMILES string of the molecule is CCN1CCN(c2ccc(CNC)cc2C#N)CC1. The van der Waals surface area contributed by atoms with Crippen LogP contribution in [-0.2, 0) is 6.54 Å². The zero-order chi connectivity index (χ0) is 13.7. The fourth-order valence-corrected chi connectivity index (χ4v) is 2.57. The molecular formula is C15H22N4. The van der Waals surface area contributed by atoms with E-state index < -0.39 is 0 Å². The lowest BCUT2D eigenvalue weighted by Crippen LogP contribution is -2.46. The van der Waals surface area contributed by atoms with E-state index in [1.165, 1.54) is 0 Å². The van der Waals surface area contributed by atoms with Crippen LogP contribution in [0, 0.1) is 11.3 Å². The van der Waals surface area contributed by atoms with Crippen LogP contribution >= 0.6 is 0 Å². The molecule has 1 N–H and O–H groups in total. The van der Waals surface area contributed by atoms with E-state index in [0.717, 1.165) is 56.1 Å². The molecule has 1 aromatic carbocycles. The van der Waals surface area contributed by atoms with Crippen molar-refractivity contribution in [1.82, 2.24) is 10.2 Å². The van der Waals surface area contributed by atoms with Crippen molar-refractivity contribution in [3.63, 3.8) is 0 Å². The lowest BCUT2D eigenvalue weighted by atomic mass is 10.1. The van der Waals surface area contributed by atoms with E-state index >= 15 is 0 Å². The minimum absolute atomic E-state index is 0.790. The van der Waals surface area contributed by atoms with Crippen molar-refractivity contribution in [2.24, 2.45) is 0 Å². The average Bonchev–Trinajstić information content (AvgIpc) is 2.47. The van der Waals surface area contributed by atoms with Crippen molar-refractivity contribution < 1.29 is 0 Å². The van der Waals surface area contributed by atoms with Crippen molar-refractivity contribution in [3.8, 4) is 6.07 Å². The smallest absolute Gasteiger partial charge is 0.101 e. The summed E-state index contributed by atoms with van der Waals surface area (Å²) >= 11 is 0. The molecule has 0 aromatic heterocycles. The lowest BCUT2D eigenvalue weighted by Gasteiger charge is -2.36. The molecule has 1 aromatic rings. The summed E-state index contributed by atoms with van der Waals surface area (Å²) in [6.07, 6.45) is 0. The molecule has 1 fully saturated rings. The first kappa shape index (κ1) is 13.9. The average molecular weight is 258 g/mol. The summed E-state index contributed by atoms with van der Waals surface area (Å²) in [7, 11) is 1.92. The van der Waals surface area contributed by atoms with E-state index in [0.29, 0.717) is 0 Å². The first-order chi connectivity index (χ1) is 9.28. The number of hydrogen-bond donors (Lipinski definition) is 1. The molecule has 0 bridgehead atoms. The number of piperazine rings is 1. The number of anilines is 1. The number of benzene rings is 1. The van der Waals surface area contributed by atoms with Gasteiger partial charge in [-0.2, -0.15) is 5.26 Å². The fourth-order valence-electron chi connectivity index (χ4n) is 2.57. The maximum Gasteiger partial charge on any atom is 0.101 e. The molecule has 19 heavy (non-hydrogen) atoms. The van der Waals surface area contributed by atoms with Gasteiger partial charge in [0.25, 0.3) is 0 Å². The highest BCUT2D eigenvalue weighted by molar-refractivity contribution is 5.60. The summed E-state index contributed by atoms with van der Waals surface area (Å²) in [4.78, 5) is 4.77. The number of hydrogen-bond acceptors (Lipinski definition) is 4. The first-order valence-corrected chi connectivity index (χ1v) is 6.93. The Morgan fingerprint density at radius 3 is 2.58 bits per heavy atom. The highest BCUT2D eigenvalue weighted by Gasteiger charge is 2.18. The van der Waals surface area contributed by atoms with Crippen LogP contribution in [0.3, 0.4) is 0 Å². The minimum atomic E-state index is 0.790. The van der Waals surface area contributed by atoms with E-state index in [2.05, 4.69) is 40.2 Å². The number of nitrogens with one attached hydrogen (secondary N) is 1. The molecule has 1 heterocycles. The Bertz CT molecular complexity index is 456. The van der Waals surface area contributed by atoms with Crippen molar-refractivity contribution in [2.45, 2.75) is 13.5 Å². The van der Waals surface area contributed by atoms with Crippen molar-refractivity contribution in [2.75, 3.05) is 44.7 Å². The second-order valence-electron chi connectivity index (χ2n) is 4.91. The molecule has 4 nitrogen and oxygen atoms in total. The summed E-state index contributed by atoms with van der Waals surface area (Å²) in [5.41, 5.74) is 3.03. The zero-order valence-corrected chi connectivity index (χ0v) is 11.8. The third kappa shape index (κ3) is 3.25. The normalized spacial score (nSPS) is 16.4. The van der Waals surface area contributed by atoms with Gasteiger partial charge in [-0.3, -0.25) is 0 Å². The van der Waals surface area contributed by atoms with Gasteiger partial charge >= 0.3 is 0 Å². The molecule has 0 amide bonds. The third-order valence-corrected chi connectivity index (χ3v) is 3.72. The molecule has 4 heteroatoms. The van der Waals surface area contributed by atoms with Crippen LogP contribution in [0.2, 0.25) is 0 Å². The predicted molar refractivity (Wildman–Crippen MR) is 78.2 cm³/mol. The fraction of sp³-hybridized carbons (Fsp3) is 0.533.